The highest BCUT2D eigenvalue weighted by Gasteiger charge is 2.13. The smallest absolute Gasteiger partial charge is 0.329 e. The summed E-state index contributed by atoms with van der Waals surface area (Å²) >= 11 is 5.79. The van der Waals surface area contributed by atoms with Gasteiger partial charge in [-0.25, -0.2) is 19.2 Å². The fraction of sp³-hybridized carbons (Fsp3) is 0.0625. The standard InChI is InChI=1S/C16H10ClFN4O2/c17-10-6-9(3-4-11(10)18)8-22-15-14(21-16(22)23)19-7-12(20-15)13-2-1-5-24-13/h1-7H,8H2,(H,19,21,23). The first kappa shape index (κ1) is 14.6. The molecule has 4 rings (SSSR count). The summed E-state index contributed by atoms with van der Waals surface area (Å²) in [6.07, 6.45) is 3.06. The lowest BCUT2D eigenvalue weighted by atomic mass is 10.2. The van der Waals surface area contributed by atoms with Crippen LogP contribution in [-0.4, -0.2) is 19.5 Å². The first-order chi connectivity index (χ1) is 11.6. The van der Waals surface area contributed by atoms with Crippen LogP contribution < -0.4 is 5.69 Å². The Morgan fingerprint density at radius 1 is 1.33 bits per heavy atom. The second-order valence-electron chi connectivity index (χ2n) is 5.17. The van der Waals surface area contributed by atoms with Gasteiger partial charge in [-0.05, 0) is 29.8 Å². The number of halogens is 2. The van der Waals surface area contributed by atoms with Crippen molar-refractivity contribution in [3.63, 3.8) is 0 Å². The van der Waals surface area contributed by atoms with Crippen molar-refractivity contribution in [3.05, 3.63) is 69.7 Å². The second kappa shape index (κ2) is 5.61. The van der Waals surface area contributed by atoms with Crippen molar-refractivity contribution < 1.29 is 8.81 Å². The molecular weight excluding hydrogens is 335 g/mol. The average molecular weight is 345 g/mol. The first-order valence-electron chi connectivity index (χ1n) is 7.05. The molecule has 0 atom stereocenters. The van der Waals surface area contributed by atoms with Gasteiger partial charge in [-0.2, -0.15) is 0 Å². The van der Waals surface area contributed by atoms with Gasteiger partial charge in [0.05, 0.1) is 24.0 Å². The highest BCUT2D eigenvalue weighted by molar-refractivity contribution is 6.30. The fourth-order valence-electron chi connectivity index (χ4n) is 2.43. The van der Waals surface area contributed by atoms with Gasteiger partial charge in [0.25, 0.3) is 0 Å². The zero-order valence-electron chi connectivity index (χ0n) is 12.2. The molecule has 0 aliphatic rings. The molecule has 0 amide bonds. The molecule has 120 valence electrons. The Bertz CT molecular complexity index is 1090. The van der Waals surface area contributed by atoms with E-state index in [1.807, 2.05) is 0 Å². The highest BCUT2D eigenvalue weighted by atomic mass is 35.5. The number of benzene rings is 1. The summed E-state index contributed by atoms with van der Waals surface area (Å²) in [6.45, 7) is 0.190. The third-order valence-corrected chi connectivity index (χ3v) is 3.87. The maximum absolute atomic E-state index is 13.3. The normalized spacial score (nSPS) is 11.2. The lowest BCUT2D eigenvalue weighted by molar-refractivity contribution is 0.580. The van der Waals surface area contributed by atoms with E-state index in [4.69, 9.17) is 16.0 Å². The van der Waals surface area contributed by atoms with Crippen molar-refractivity contribution in [3.8, 4) is 11.5 Å². The zero-order valence-corrected chi connectivity index (χ0v) is 12.9. The largest absolute Gasteiger partial charge is 0.463 e. The molecule has 3 heterocycles. The Morgan fingerprint density at radius 3 is 2.96 bits per heavy atom. The first-order valence-corrected chi connectivity index (χ1v) is 7.43. The van der Waals surface area contributed by atoms with E-state index >= 15 is 0 Å². The third-order valence-electron chi connectivity index (χ3n) is 3.58. The molecule has 0 fully saturated rings. The zero-order chi connectivity index (χ0) is 16.7. The summed E-state index contributed by atoms with van der Waals surface area (Å²) in [7, 11) is 0. The number of nitrogens with one attached hydrogen (secondary N) is 1. The van der Waals surface area contributed by atoms with E-state index in [0.717, 1.165) is 0 Å². The van der Waals surface area contributed by atoms with Gasteiger partial charge in [0, 0.05) is 0 Å². The number of rotatable bonds is 3. The summed E-state index contributed by atoms with van der Waals surface area (Å²) < 4.78 is 20.0. The molecule has 0 spiro atoms. The van der Waals surface area contributed by atoms with Gasteiger partial charge in [-0.3, -0.25) is 9.55 Å². The Balaban J connectivity index is 1.81. The minimum Gasteiger partial charge on any atom is -0.463 e. The molecule has 4 aromatic rings. The molecule has 0 bridgehead atoms. The lowest BCUT2D eigenvalue weighted by Gasteiger charge is -2.05. The summed E-state index contributed by atoms with van der Waals surface area (Å²) in [5, 5.41) is 0.00255. The molecule has 0 aliphatic carbocycles. The summed E-state index contributed by atoms with van der Waals surface area (Å²) in [6, 6.07) is 7.80. The predicted molar refractivity (Wildman–Crippen MR) is 86.4 cm³/mol. The van der Waals surface area contributed by atoms with Crippen LogP contribution in [0, 0.1) is 5.82 Å². The Kier molecular flexibility index (Phi) is 3.42. The van der Waals surface area contributed by atoms with Crippen LogP contribution in [0.25, 0.3) is 22.7 Å². The predicted octanol–water partition coefficient (Wildman–Crippen LogP) is 3.22. The fourth-order valence-corrected chi connectivity index (χ4v) is 2.63. The van der Waals surface area contributed by atoms with E-state index in [0.29, 0.717) is 28.3 Å². The molecule has 0 saturated carbocycles. The number of aromatic nitrogens is 4. The number of aromatic amines is 1. The molecule has 0 radical (unpaired) electrons. The van der Waals surface area contributed by atoms with Crippen LogP contribution in [0.2, 0.25) is 5.02 Å². The molecule has 0 saturated heterocycles. The third kappa shape index (κ3) is 2.48. The van der Waals surface area contributed by atoms with Gasteiger partial charge < -0.3 is 4.42 Å². The van der Waals surface area contributed by atoms with E-state index in [2.05, 4.69) is 15.0 Å². The molecular formula is C16H10ClFN4O2. The second-order valence-corrected chi connectivity index (χ2v) is 5.58. The molecule has 0 aliphatic heterocycles. The molecule has 1 aromatic carbocycles. The van der Waals surface area contributed by atoms with Crippen LogP contribution in [0.15, 0.2) is 52.0 Å². The van der Waals surface area contributed by atoms with Crippen LogP contribution >= 0.6 is 11.6 Å². The minimum atomic E-state index is -0.508. The Morgan fingerprint density at radius 2 is 2.21 bits per heavy atom. The number of nitrogens with zero attached hydrogens (tertiary/aromatic N) is 3. The van der Waals surface area contributed by atoms with Crippen molar-refractivity contribution >= 4 is 22.9 Å². The molecule has 3 aromatic heterocycles. The average Bonchev–Trinajstić information content (AvgIpc) is 3.19. The Labute approximate surface area is 139 Å². The number of hydrogen-bond donors (Lipinski definition) is 1. The topological polar surface area (TPSA) is 76.7 Å². The van der Waals surface area contributed by atoms with Gasteiger partial charge in [0.2, 0.25) is 0 Å². The van der Waals surface area contributed by atoms with Gasteiger partial charge in [0.15, 0.2) is 17.1 Å². The van der Waals surface area contributed by atoms with E-state index in [1.165, 1.54) is 29.2 Å². The monoisotopic (exact) mass is 344 g/mol. The van der Waals surface area contributed by atoms with Crippen LogP contribution in [0.1, 0.15) is 5.56 Å². The molecule has 24 heavy (non-hydrogen) atoms. The molecule has 8 heteroatoms. The van der Waals surface area contributed by atoms with Crippen LogP contribution in [0.4, 0.5) is 4.39 Å². The quantitative estimate of drug-likeness (QED) is 0.619. The summed E-state index contributed by atoms with van der Waals surface area (Å²) in [5.74, 6) is 0.0426. The number of fused-ring (bicyclic) bond motifs is 1. The van der Waals surface area contributed by atoms with E-state index in [9.17, 15) is 9.18 Å². The van der Waals surface area contributed by atoms with Crippen LogP contribution in [-0.2, 0) is 6.54 Å². The van der Waals surface area contributed by atoms with E-state index in [-0.39, 0.29) is 17.3 Å². The maximum Gasteiger partial charge on any atom is 0.329 e. The maximum atomic E-state index is 13.3. The molecule has 1 N–H and O–H groups in total. The van der Waals surface area contributed by atoms with Gasteiger partial charge in [0.1, 0.15) is 11.5 Å². The van der Waals surface area contributed by atoms with Crippen molar-refractivity contribution in [1.82, 2.24) is 19.5 Å². The highest BCUT2D eigenvalue weighted by Crippen LogP contribution is 2.20. The van der Waals surface area contributed by atoms with Gasteiger partial charge >= 0.3 is 5.69 Å². The number of furan rings is 1. The summed E-state index contributed by atoms with van der Waals surface area (Å²) in [5.41, 5.74) is 1.58. The van der Waals surface area contributed by atoms with Gasteiger partial charge in [-0.15, -0.1) is 0 Å². The molecule has 6 nitrogen and oxygen atoms in total. The van der Waals surface area contributed by atoms with E-state index < -0.39 is 5.82 Å². The van der Waals surface area contributed by atoms with Crippen molar-refractivity contribution in [1.29, 1.82) is 0 Å². The van der Waals surface area contributed by atoms with Crippen LogP contribution in [0.5, 0.6) is 0 Å². The van der Waals surface area contributed by atoms with Crippen LogP contribution in [0.3, 0.4) is 0 Å². The van der Waals surface area contributed by atoms with Crippen molar-refractivity contribution in [2.24, 2.45) is 0 Å². The van der Waals surface area contributed by atoms with Crippen molar-refractivity contribution in [2.45, 2.75) is 6.54 Å². The van der Waals surface area contributed by atoms with E-state index in [1.54, 1.807) is 18.2 Å². The lowest BCUT2D eigenvalue weighted by Crippen LogP contribution is -2.17. The Hall–Kier alpha value is -2.93. The number of hydrogen-bond acceptors (Lipinski definition) is 4. The number of H-pyrrole nitrogens is 1. The number of imidazole rings is 1. The van der Waals surface area contributed by atoms with Crippen molar-refractivity contribution in [2.75, 3.05) is 0 Å². The SMILES string of the molecule is O=c1[nH]c2ncc(-c3ccco3)nc2n1Cc1ccc(F)c(Cl)c1. The van der Waals surface area contributed by atoms with Gasteiger partial charge in [-0.1, -0.05) is 17.7 Å². The minimum absolute atomic E-state index is 0.00255. The summed E-state index contributed by atoms with van der Waals surface area (Å²) in [4.78, 5) is 23.5. The molecule has 0 unspecified atom stereocenters.